The standard InChI is InChI=1S/C18H17F2N3O3S/c1-12(16-8-5-14(19)11-17(16)20)23-18(24)13-3-6-15(7-4-13)27(25,26)22-10-2-9-21/h3-8,11-12,22H,2,10H2,1H3,(H,23,24)/t12-/m1/s1. The van der Waals surface area contributed by atoms with Gasteiger partial charge >= 0.3 is 0 Å². The van der Waals surface area contributed by atoms with E-state index in [1.807, 2.05) is 6.07 Å². The third kappa shape index (κ3) is 5.32. The maximum absolute atomic E-state index is 13.8. The molecule has 0 saturated carbocycles. The maximum atomic E-state index is 13.8. The molecule has 6 nitrogen and oxygen atoms in total. The lowest BCUT2D eigenvalue weighted by Crippen LogP contribution is -2.27. The normalized spacial score (nSPS) is 12.2. The van der Waals surface area contributed by atoms with Crippen LogP contribution < -0.4 is 10.0 Å². The summed E-state index contributed by atoms with van der Waals surface area (Å²) in [6.45, 7) is 1.54. The number of amides is 1. The van der Waals surface area contributed by atoms with Crippen molar-refractivity contribution in [2.75, 3.05) is 6.54 Å². The highest BCUT2D eigenvalue weighted by molar-refractivity contribution is 7.89. The molecule has 0 bridgehead atoms. The number of nitrogens with zero attached hydrogens (tertiary/aromatic N) is 1. The zero-order valence-electron chi connectivity index (χ0n) is 14.4. The van der Waals surface area contributed by atoms with Crippen molar-refractivity contribution >= 4 is 15.9 Å². The molecule has 2 aromatic carbocycles. The van der Waals surface area contributed by atoms with E-state index >= 15 is 0 Å². The number of sulfonamides is 1. The van der Waals surface area contributed by atoms with E-state index in [9.17, 15) is 22.0 Å². The van der Waals surface area contributed by atoms with Gasteiger partial charge in [0.25, 0.3) is 5.91 Å². The molecule has 0 spiro atoms. The molecular formula is C18H17F2N3O3S. The van der Waals surface area contributed by atoms with Gasteiger partial charge in [0, 0.05) is 30.2 Å². The third-order valence-corrected chi connectivity index (χ3v) is 5.21. The zero-order chi connectivity index (χ0) is 20.0. The summed E-state index contributed by atoms with van der Waals surface area (Å²) in [5, 5.41) is 11.0. The van der Waals surface area contributed by atoms with Crippen LogP contribution in [0.5, 0.6) is 0 Å². The van der Waals surface area contributed by atoms with E-state index in [-0.39, 0.29) is 29.0 Å². The number of hydrogen-bond acceptors (Lipinski definition) is 4. The van der Waals surface area contributed by atoms with Gasteiger partial charge in [0.15, 0.2) is 0 Å². The van der Waals surface area contributed by atoms with E-state index in [1.54, 1.807) is 6.92 Å². The van der Waals surface area contributed by atoms with Gasteiger partial charge < -0.3 is 5.32 Å². The van der Waals surface area contributed by atoms with E-state index in [0.717, 1.165) is 12.1 Å². The second-order valence-corrected chi connectivity index (χ2v) is 7.46. The fraction of sp³-hybridized carbons (Fsp3) is 0.222. The molecule has 27 heavy (non-hydrogen) atoms. The van der Waals surface area contributed by atoms with Gasteiger partial charge in [-0.15, -0.1) is 0 Å². The van der Waals surface area contributed by atoms with Crippen molar-refractivity contribution in [1.82, 2.24) is 10.0 Å². The SMILES string of the molecule is C[C@@H](NC(=O)c1ccc(S(=O)(=O)NCCC#N)cc1)c1ccc(F)cc1F. The first kappa shape index (κ1) is 20.5. The molecule has 0 aliphatic carbocycles. The van der Waals surface area contributed by atoms with Crippen molar-refractivity contribution in [2.45, 2.75) is 24.3 Å². The number of nitrogens with one attached hydrogen (secondary N) is 2. The summed E-state index contributed by atoms with van der Waals surface area (Å²) in [6.07, 6.45) is 0.0392. The summed E-state index contributed by atoms with van der Waals surface area (Å²) in [7, 11) is -3.77. The molecule has 2 aromatic rings. The number of nitriles is 1. The van der Waals surface area contributed by atoms with Crippen LogP contribution in [0.1, 0.15) is 35.3 Å². The van der Waals surface area contributed by atoms with E-state index < -0.39 is 33.6 Å². The molecule has 2 N–H and O–H groups in total. The third-order valence-electron chi connectivity index (χ3n) is 3.73. The molecule has 0 radical (unpaired) electrons. The zero-order valence-corrected chi connectivity index (χ0v) is 15.2. The van der Waals surface area contributed by atoms with Gasteiger partial charge in [0.05, 0.1) is 17.0 Å². The molecule has 1 amide bonds. The summed E-state index contributed by atoms with van der Waals surface area (Å²) in [6, 6.07) is 9.35. The summed E-state index contributed by atoms with van der Waals surface area (Å²) >= 11 is 0. The maximum Gasteiger partial charge on any atom is 0.251 e. The Morgan fingerprint density at radius 3 is 2.44 bits per heavy atom. The molecule has 0 saturated heterocycles. The van der Waals surface area contributed by atoms with Crippen molar-refractivity contribution in [2.24, 2.45) is 0 Å². The fourth-order valence-electron chi connectivity index (χ4n) is 2.32. The molecule has 0 aliphatic rings. The minimum absolute atomic E-state index is 0.0121. The average Bonchev–Trinajstić information content (AvgIpc) is 2.61. The molecule has 0 aliphatic heterocycles. The van der Waals surface area contributed by atoms with Crippen LogP contribution in [0.25, 0.3) is 0 Å². The van der Waals surface area contributed by atoms with Gasteiger partial charge in [0.1, 0.15) is 11.6 Å². The quantitative estimate of drug-likeness (QED) is 0.707. The first-order valence-electron chi connectivity index (χ1n) is 7.97. The summed E-state index contributed by atoms with van der Waals surface area (Å²) < 4.78 is 53.1. The highest BCUT2D eigenvalue weighted by Gasteiger charge is 2.17. The van der Waals surface area contributed by atoms with E-state index in [0.29, 0.717) is 0 Å². The van der Waals surface area contributed by atoms with Crippen LogP contribution in [0.4, 0.5) is 8.78 Å². The number of carbonyl (C=O) groups excluding carboxylic acids is 1. The second kappa shape index (κ2) is 8.70. The van der Waals surface area contributed by atoms with Crippen molar-refractivity contribution < 1.29 is 22.0 Å². The van der Waals surface area contributed by atoms with Crippen LogP contribution in [0.3, 0.4) is 0 Å². The Bertz CT molecular complexity index is 970. The predicted molar refractivity (Wildman–Crippen MR) is 94.1 cm³/mol. The van der Waals surface area contributed by atoms with Gasteiger partial charge in [-0.2, -0.15) is 5.26 Å². The van der Waals surface area contributed by atoms with E-state index in [1.165, 1.54) is 30.3 Å². The number of halogens is 2. The minimum Gasteiger partial charge on any atom is -0.345 e. The Morgan fingerprint density at radius 2 is 1.85 bits per heavy atom. The smallest absolute Gasteiger partial charge is 0.251 e. The molecule has 9 heteroatoms. The van der Waals surface area contributed by atoms with Crippen LogP contribution >= 0.6 is 0 Å². The van der Waals surface area contributed by atoms with Crippen molar-refractivity contribution in [1.29, 1.82) is 5.26 Å². The minimum atomic E-state index is -3.77. The van der Waals surface area contributed by atoms with Gasteiger partial charge in [-0.1, -0.05) is 6.07 Å². The molecule has 142 valence electrons. The van der Waals surface area contributed by atoms with Crippen molar-refractivity contribution in [3.8, 4) is 6.07 Å². The lowest BCUT2D eigenvalue weighted by Gasteiger charge is -2.15. The Kier molecular flexibility index (Phi) is 6.60. The van der Waals surface area contributed by atoms with Crippen molar-refractivity contribution in [3.63, 3.8) is 0 Å². The van der Waals surface area contributed by atoms with Crippen LogP contribution in [0.15, 0.2) is 47.4 Å². The Hall–Kier alpha value is -2.83. The summed E-state index contributed by atoms with van der Waals surface area (Å²) in [4.78, 5) is 12.2. The number of benzene rings is 2. The number of hydrogen-bond donors (Lipinski definition) is 2. The predicted octanol–water partition coefficient (Wildman–Crippen LogP) is 2.65. The number of carbonyl (C=O) groups is 1. The lowest BCUT2D eigenvalue weighted by molar-refractivity contribution is 0.0939. The van der Waals surface area contributed by atoms with Gasteiger partial charge in [-0.05, 0) is 37.3 Å². The summed E-state index contributed by atoms with van der Waals surface area (Å²) in [5.41, 5.74) is 0.311. The van der Waals surface area contributed by atoms with Crippen LogP contribution in [-0.2, 0) is 10.0 Å². The average molecular weight is 393 g/mol. The topological polar surface area (TPSA) is 99.1 Å². The second-order valence-electron chi connectivity index (χ2n) is 5.69. The fourth-order valence-corrected chi connectivity index (χ4v) is 3.35. The largest absolute Gasteiger partial charge is 0.345 e. The van der Waals surface area contributed by atoms with Crippen LogP contribution in [-0.4, -0.2) is 20.9 Å². The molecular weight excluding hydrogens is 376 g/mol. The first-order valence-corrected chi connectivity index (χ1v) is 9.45. The molecule has 1 atom stereocenters. The Morgan fingerprint density at radius 1 is 1.19 bits per heavy atom. The van der Waals surface area contributed by atoms with Gasteiger partial charge in [-0.3, -0.25) is 4.79 Å². The van der Waals surface area contributed by atoms with Gasteiger partial charge in [-0.25, -0.2) is 21.9 Å². The monoisotopic (exact) mass is 393 g/mol. The van der Waals surface area contributed by atoms with Crippen molar-refractivity contribution in [3.05, 3.63) is 65.2 Å². The molecule has 0 unspecified atom stereocenters. The lowest BCUT2D eigenvalue weighted by atomic mass is 10.1. The van der Waals surface area contributed by atoms with E-state index in [2.05, 4.69) is 10.0 Å². The molecule has 0 fully saturated rings. The summed E-state index contributed by atoms with van der Waals surface area (Å²) in [5.74, 6) is -2.02. The Balaban J connectivity index is 2.08. The highest BCUT2D eigenvalue weighted by Crippen LogP contribution is 2.18. The molecule has 0 aromatic heterocycles. The highest BCUT2D eigenvalue weighted by atomic mass is 32.2. The Labute approximate surface area is 155 Å². The van der Waals surface area contributed by atoms with Crippen LogP contribution in [0, 0.1) is 23.0 Å². The molecule has 2 rings (SSSR count). The van der Waals surface area contributed by atoms with E-state index in [4.69, 9.17) is 5.26 Å². The van der Waals surface area contributed by atoms with Gasteiger partial charge in [0.2, 0.25) is 10.0 Å². The first-order chi connectivity index (χ1) is 12.7. The molecule has 0 heterocycles. The van der Waals surface area contributed by atoms with Crippen LogP contribution in [0.2, 0.25) is 0 Å². The number of rotatable bonds is 7.